The van der Waals surface area contributed by atoms with Crippen molar-refractivity contribution in [1.82, 2.24) is 0 Å². The quantitative estimate of drug-likeness (QED) is 0.437. The minimum atomic E-state index is -0.131. The molecule has 0 radical (unpaired) electrons. The first-order valence-electron chi connectivity index (χ1n) is 13.5. The Bertz CT molecular complexity index is 756. The highest BCUT2D eigenvalue weighted by atomic mass is 16.3. The van der Waals surface area contributed by atoms with E-state index in [1.165, 1.54) is 69.8 Å². The summed E-state index contributed by atoms with van der Waals surface area (Å²) in [4.78, 5) is 0. The topological polar surface area (TPSA) is 20.2 Å². The van der Waals surface area contributed by atoms with Crippen LogP contribution in [-0.2, 0) is 0 Å². The second kappa shape index (κ2) is 7.75. The first kappa shape index (κ1) is 23.6. The third-order valence-corrected chi connectivity index (χ3v) is 11.8. The molecule has 31 heavy (non-hydrogen) atoms. The monoisotopic (exact) mass is 426 g/mol. The molecule has 1 heteroatoms. The van der Waals surface area contributed by atoms with Crippen LogP contribution in [0.5, 0.6) is 0 Å². The van der Waals surface area contributed by atoms with Gasteiger partial charge in [-0.1, -0.05) is 71.8 Å². The Balaban J connectivity index is 1.59. The van der Waals surface area contributed by atoms with Crippen LogP contribution in [0.1, 0.15) is 119 Å². The Kier molecular flexibility index (Phi) is 5.90. The molecule has 0 bridgehead atoms. The Morgan fingerprint density at radius 1 is 0.968 bits per heavy atom. The van der Waals surface area contributed by atoms with Crippen molar-refractivity contribution in [2.24, 2.45) is 39.4 Å². The zero-order valence-corrected chi connectivity index (χ0v) is 21.7. The summed E-state index contributed by atoms with van der Waals surface area (Å²) in [5.74, 6) is 2.14. The van der Waals surface area contributed by atoms with E-state index in [-0.39, 0.29) is 11.5 Å². The summed E-state index contributed by atoms with van der Waals surface area (Å²) in [6, 6.07) is 0. The van der Waals surface area contributed by atoms with Crippen LogP contribution in [-0.4, -0.2) is 11.2 Å². The Hall–Kier alpha value is -0.560. The van der Waals surface area contributed by atoms with Crippen molar-refractivity contribution in [3.05, 3.63) is 23.3 Å². The third-order valence-electron chi connectivity index (χ3n) is 11.8. The van der Waals surface area contributed by atoms with E-state index in [4.69, 9.17) is 0 Å². The van der Waals surface area contributed by atoms with E-state index in [9.17, 15) is 5.11 Å². The average Bonchev–Trinajstić information content (AvgIpc) is 2.96. The van der Waals surface area contributed by atoms with E-state index in [0.29, 0.717) is 28.1 Å². The maximum atomic E-state index is 10.8. The Morgan fingerprint density at radius 2 is 1.68 bits per heavy atom. The maximum absolute atomic E-state index is 10.8. The van der Waals surface area contributed by atoms with E-state index in [0.717, 1.165) is 12.3 Å². The standard InChI is InChI=1S/C30H50O/c1-20(2)21(3)10-9-11-22-14-18-30(8)24-12-13-25-27(4,5)26(31)16-17-28(25,6)23(24)15-19-29(22,30)7/h20,22,25-26,31H,3,9-19H2,1-2,4-8H3. The largest absolute Gasteiger partial charge is 0.393 e. The molecule has 4 rings (SSSR count). The third kappa shape index (κ3) is 3.34. The van der Waals surface area contributed by atoms with Gasteiger partial charge in [-0.3, -0.25) is 0 Å². The van der Waals surface area contributed by atoms with E-state index in [2.05, 4.69) is 55.0 Å². The van der Waals surface area contributed by atoms with Crippen molar-refractivity contribution in [3.8, 4) is 0 Å². The zero-order valence-electron chi connectivity index (χ0n) is 21.7. The van der Waals surface area contributed by atoms with Gasteiger partial charge in [-0.25, -0.2) is 0 Å². The average molecular weight is 427 g/mol. The van der Waals surface area contributed by atoms with Crippen molar-refractivity contribution in [2.75, 3.05) is 0 Å². The molecule has 0 spiro atoms. The summed E-state index contributed by atoms with van der Waals surface area (Å²) in [5, 5.41) is 10.8. The molecule has 2 fully saturated rings. The molecule has 4 aliphatic carbocycles. The second-order valence-corrected chi connectivity index (χ2v) is 13.5. The van der Waals surface area contributed by atoms with Crippen LogP contribution in [0.25, 0.3) is 0 Å². The van der Waals surface area contributed by atoms with Gasteiger partial charge in [0.15, 0.2) is 0 Å². The molecular formula is C30H50O. The molecule has 176 valence electrons. The molecule has 1 N–H and O–H groups in total. The first-order chi connectivity index (χ1) is 14.4. The highest BCUT2D eigenvalue weighted by Crippen LogP contribution is 2.72. The summed E-state index contributed by atoms with van der Waals surface area (Å²) in [5.41, 5.74) is 6.39. The van der Waals surface area contributed by atoms with E-state index in [1.807, 2.05) is 11.1 Å². The molecule has 0 aromatic rings. The van der Waals surface area contributed by atoms with Gasteiger partial charge in [-0.2, -0.15) is 0 Å². The van der Waals surface area contributed by atoms with Crippen molar-refractivity contribution in [3.63, 3.8) is 0 Å². The van der Waals surface area contributed by atoms with Crippen LogP contribution in [0.2, 0.25) is 0 Å². The predicted molar refractivity (Wildman–Crippen MR) is 133 cm³/mol. The highest BCUT2D eigenvalue weighted by molar-refractivity contribution is 5.38. The van der Waals surface area contributed by atoms with Crippen LogP contribution in [0.15, 0.2) is 23.3 Å². The Morgan fingerprint density at radius 3 is 2.35 bits per heavy atom. The van der Waals surface area contributed by atoms with Gasteiger partial charge in [0, 0.05) is 0 Å². The second-order valence-electron chi connectivity index (χ2n) is 13.5. The van der Waals surface area contributed by atoms with Gasteiger partial charge in [0.2, 0.25) is 0 Å². The van der Waals surface area contributed by atoms with Crippen molar-refractivity contribution in [1.29, 1.82) is 0 Å². The minimum Gasteiger partial charge on any atom is -0.393 e. The van der Waals surface area contributed by atoms with Gasteiger partial charge >= 0.3 is 0 Å². The van der Waals surface area contributed by atoms with Crippen LogP contribution < -0.4 is 0 Å². The van der Waals surface area contributed by atoms with Gasteiger partial charge in [-0.15, -0.1) is 0 Å². The predicted octanol–water partition coefficient (Wildman–Crippen LogP) is 8.48. The van der Waals surface area contributed by atoms with Crippen molar-refractivity contribution >= 4 is 0 Å². The molecule has 1 nitrogen and oxygen atoms in total. The number of aliphatic hydroxyl groups excluding tert-OH is 1. The number of rotatable bonds is 5. The highest BCUT2D eigenvalue weighted by Gasteiger charge is 2.62. The molecule has 0 saturated heterocycles. The van der Waals surface area contributed by atoms with Gasteiger partial charge in [-0.05, 0) is 110 Å². The number of aliphatic hydroxyl groups is 1. The van der Waals surface area contributed by atoms with Gasteiger partial charge < -0.3 is 5.11 Å². The lowest BCUT2D eigenvalue weighted by Crippen LogP contribution is -2.54. The molecule has 4 aliphatic rings. The van der Waals surface area contributed by atoms with Crippen LogP contribution in [0.3, 0.4) is 0 Å². The molecular weight excluding hydrogens is 376 g/mol. The molecule has 6 atom stereocenters. The zero-order chi connectivity index (χ0) is 22.8. The SMILES string of the molecule is C=C(CCCC1CCC2(C)C3=C(CCC12C)C1(C)CCC(O)C(C)(C)C1CC3)C(C)C. The number of fused-ring (bicyclic) bond motifs is 4. The fourth-order valence-electron chi connectivity index (χ4n) is 9.12. The van der Waals surface area contributed by atoms with E-state index < -0.39 is 0 Å². The van der Waals surface area contributed by atoms with Gasteiger partial charge in [0.05, 0.1) is 6.10 Å². The number of allylic oxidation sites excluding steroid dienone is 3. The van der Waals surface area contributed by atoms with E-state index >= 15 is 0 Å². The molecule has 0 aromatic heterocycles. The summed E-state index contributed by atoms with van der Waals surface area (Å²) in [6.45, 7) is 21.5. The molecule has 0 aliphatic heterocycles. The summed E-state index contributed by atoms with van der Waals surface area (Å²) in [7, 11) is 0. The molecule has 2 saturated carbocycles. The lowest BCUT2D eigenvalue weighted by atomic mass is 9.43. The summed E-state index contributed by atoms with van der Waals surface area (Å²) in [6.07, 6.45) is 14.0. The minimum absolute atomic E-state index is 0.0458. The molecule has 0 amide bonds. The Labute approximate surface area is 193 Å². The van der Waals surface area contributed by atoms with Crippen LogP contribution in [0, 0.1) is 39.4 Å². The summed E-state index contributed by atoms with van der Waals surface area (Å²) < 4.78 is 0. The lowest BCUT2D eigenvalue weighted by molar-refractivity contribution is -0.0957. The molecule has 0 aromatic carbocycles. The van der Waals surface area contributed by atoms with Gasteiger partial charge in [0.1, 0.15) is 0 Å². The fraction of sp³-hybridized carbons (Fsp3) is 0.867. The van der Waals surface area contributed by atoms with Crippen molar-refractivity contribution < 1.29 is 5.11 Å². The van der Waals surface area contributed by atoms with Crippen molar-refractivity contribution in [2.45, 2.75) is 125 Å². The van der Waals surface area contributed by atoms with Crippen LogP contribution in [0.4, 0.5) is 0 Å². The molecule has 6 unspecified atom stereocenters. The number of hydrogen-bond donors (Lipinski definition) is 1. The maximum Gasteiger partial charge on any atom is 0.0594 e. The molecule has 0 heterocycles. The smallest absolute Gasteiger partial charge is 0.0594 e. The van der Waals surface area contributed by atoms with E-state index in [1.54, 1.807) is 0 Å². The van der Waals surface area contributed by atoms with Crippen LogP contribution >= 0.6 is 0 Å². The lowest BCUT2D eigenvalue weighted by Gasteiger charge is -2.62. The summed E-state index contributed by atoms with van der Waals surface area (Å²) >= 11 is 0. The van der Waals surface area contributed by atoms with Gasteiger partial charge in [0.25, 0.3) is 0 Å². The fourth-order valence-corrected chi connectivity index (χ4v) is 9.12. The first-order valence-corrected chi connectivity index (χ1v) is 13.5. The normalized spacial score (nSPS) is 44.1. The number of hydrogen-bond acceptors (Lipinski definition) is 1.